The van der Waals surface area contributed by atoms with Crippen LogP contribution in [-0.4, -0.2) is 59.8 Å². The predicted molar refractivity (Wildman–Crippen MR) is 128 cm³/mol. The third-order valence-corrected chi connectivity index (χ3v) is 7.99. The van der Waals surface area contributed by atoms with E-state index in [2.05, 4.69) is 10.1 Å². The number of aromatic nitrogens is 2. The van der Waals surface area contributed by atoms with Gasteiger partial charge in [-0.2, -0.15) is 4.31 Å². The van der Waals surface area contributed by atoms with Gasteiger partial charge in [0.1, 0.15) is 5.69 Å². The Morgan fingerprint density at radius 1 is 1.00 bits per heavy atom. The van der Waals surface area contributed by atoms with Crippen molar-refractivity contribution in [2.24, 2.45) is 0 Å². The van der Waals surface area contributed by atoms with Crippen LogP contribution >= 0.6 is 11.6 Å². The van der Waals surface area contributed by atoms with Gasteiger partial charge in [0.05, 0.1) is 15.8 Å². The van der Waals surface area contributed by atoms with Crippen molar-refractivity contribution < 1.29 is 17.7 Å². The first-order valence-electron chi connectivity index (χ1n) is 10.7. The Hall–Kier alpha value is -3.27. The molecule has 1 aliphatic rings. The second kappa shape index (κ2) is 8.83. The van der Waals surface area contributed by atoms with Crippen LogP contribution in [0.2, 0.25) is 5.02 Å². The number of pyridine rings is 1. The molecule has 0 unspecified atom stereocenters. The highest BCUT2D eigenvalue weighted by atomic mass is 35.5. The zero-order chi connectivity index (χ0) is 23.9. The molecule has 34 heavy (non-hydrogen) atoms. The zero-order valence-corrected chi connectivity index (χ0v) is 19.9. The highest BCUT2D eigenvalue weighted by molar-refractivity contribution is 7.89. The molecule has 2 aromatic heterocycles. The van der Waals surface area contributed by atoms with E-state index < -0.39 is 10.0 Å². The number of piperazine rings is 1. The molecular weight excluding hydrogens is 476 g/mol. The molecule has 2 aromatic carbocycles. The summed E-state index contributed by atoms with van der Waals surface area (Å²) in [6.07, 6.45) is 0. The summed E-state index contributed by atoms with van der Waals surface area (Å²) in [6.45, 7) is 2.71. The molecule has 0 atom stereocenters. The van der Waals surface area contributed by atoms with Crippen LogP contribution < -0.4 is 0 Å². The normalized spacial score (nSPS) is 15.1. The van der Waals surface area contributed by atoms with Gasteiger partial charge in [-0.25, -0.2) is 13.4 Å². The van der Waals surface area contributed by atoms with Crippen LogP contribution in [0, 0.1) is 6.92 Å². The number of sulfonamides is 1. The van der Waals surface area contributed by atoms with Gasteiger partial charge < -0.3 is 9.42 Å². The molecule has 0 bridgehead atoms. The van der Waals surface area contributed by atoms with Gasteiger partial charge in [0.25, 0.3) is 11.6 Å². The smallest absolute Gasteiger partial charge is 0.259 e. The van der Waals surface area contributed by atoms with Gasteiger partial charge in [0, 0.05) is 42.5 Å². The third-order valence-electron chi connectivity index (χ3n) is 5.83. The van der Waals surface area contributed by atoms with Crippen molar-refractivity contribution in [1.29, 1.82) is 0 Å². The van der Waals surface area contributed by atoms with Crippen LogP contribution in [0.1, 0.15) is 16.1 Å². The van der Waals surface area contributed by atoms with E-state index in [4.69, 9.17) is 16.1 Å². The van der Waals surface area contributed by atoms with Gasteiger partial charge in [-0.15, -0.1) is 0 Å². The van der Waals surface area contributed by atoms with E-state index in [1.807, 2.05) is 30.3 Å². The molecule has 1 aliphatic heterocycles. The molecule has 174 valence electrons. The Balaban J connectivity index is 1.41. The van der Waals surface area contributed by atoms with Crippen molar-refractivity contribution in [3.05, 3.63) is 76.9 Å². The maximum Gasteiger partial charge on any atom is 0.259 e. The lowest BCUT2D eigenvalue weighted by Crippen LogP contribution is -2.50. The van der Waals surface area contributed by atoms with Gasteiger partial charge in [-0.05, 0) is 37.3 Å². The molecule has 4 aromatic rings. The first-order valence-corrected chi connectivity index (χ1v) is 12.5. The number of benzene rings is 2. The summed E-state index contributed by atoms with van der Waals surface area (Å²) in [5, 5.41) is 5.20. The maximum atomic E-state index is 13.6. The summed E-state index contributed by atoms with van der Waals surface area (Å²) < 4.78 is 32.8. The van der Waals surface area contributed by atoms with Gasteiger partial charge in [0.2, 0.25) is 10.0 Å². The predicted octanol–water partition coefficient (Wildman–Crippen LogP) is 4.00. The Bertz CT molecular complexity index is 1460. The van der Waals surface area contributed by atoms with Crippen LogP contribution in [0.25, 0.3) is 22.4 Å². The summed E-state index contributed by atoms with van der Waals surface area (Å²) in [4.78, 5) is 19.8. The highest BCUT2D eigenvalue weighted by Gasteiger charge is 2.32. The fourth-order valence-corrected chi connectivity index (χ4v) is 5.64. The lowest BCUT2D eigenvalue weighted by Gasteiger charge is -2.34. The zero-order valence-electron chi connectivity index (χ0n) is 18.3. The molecule has 8 nitrogen and oxygen atoms in total. The van der Waals surface area contributed by atoms with E-state index in [1.165, 1.54) is 16.4 Å². The van der Waals surface area contributed by atoms with E-state index in [0.717, 1.165) is 5.56 Å². The van der Waals surface area contributed by atoms with Crippen molar-refractivity contribution in [2.45, 2.75) is 11.8 Å². The van der Waals surface area contributed by atoms with Crippen LogP contribution in [-0.2, 0) is 10.0 Å². The molecule has 0 N–H and O–H groups in total. The lowest BCUT2D eigenvalue weighted by atomic mass is 10.0. The molecular formula is C24H21ClN4O4S. The average molecular weight is 497 g/mol. The van der Waals surface area contributed by atoms with Gasteiger partial charge in [-0.3, -0.25) is 4.79 Å². The summed E-state index contributed by atoms with van der Waals surface area (Å²) in [5.74, 6) is -0.209. The molecule has 0 aliphatic carbocycles. The van der Waals surface area contributed by atoms with E-state index in [0.29, 0.717) is 33.1 Å². The van der Waals surface area contributed by atoms with Crippen molar-refractivity contribution in [3.63, 3.8) is 0 Å². The monoisotopic (exact) mass is 496 g/mol. The van der Waals surface area contributed by atoms with Crippen LogP contribution in [0.15, 0.2) is 70.1 Å². The van der Waals surface area contributed by atoms with Crippen molar-refractivity contribution in [2.75, 3.05) is 26.2 Å². The quantitative estimate of drug-likeness (QED) is 0.423. The van der Waals surface area contributed by atoms with Crippen molar-refractivity contribution >= 4 is 38.6 Å². The summed E-state index contributed by atoms with van der Waals surface area (Å²) in [7, 11) is -3.67. The Labute approximate surface area is 201 Å². The number of carbonyl (C=O) groups excluding carboxylic acids is 1. The number of rotatable bonds is 4. The van der Waals surface area contributed by atoms with E-state index in [-0.39, 0.29) is 37.0 Å². The summed E-state index contributed by atoms with van der Waals surface area (Å²) in [6, 6.07) is 17.3. The number of aryl methyl sites for hydroxylation is 1. The Morgan fingerprint density at radius 2 is 1.68 bits per heavy atom. The standard InChI is InChI=1S/C24H21ClN4O4S/c1-16-15-20(21-22(27-33-23(21)26-16)17-5-3-2-4-6-17)24(30)28-11-13-29(14-12-28)34(31,32)19-9-7-18(25)8-10-19/h2-10,15H,11-14H2,1H3. The molecule has 0 saturated carbocycles. The Morgan fingerprint density at radius 3 is 2.35 bits per heavy atom. The lowest BCUT2D eigenvalue weighted by molar-refractivity contribution is 0.0699. The average Bonchev–Trinajstić information content (AvgIpc) is 3.28. The van der Waals surface area contributed by atoms with Crippen LogP contribution in [0.4, 0.5) is 0 Å². The maximum absolute atomic E-state index is 13.6. The summed E-state index contributed by atoms with van der Waals surface area (Å²) in [5.41, 5.74) is 2.74. The van der Waals surface area contributed by atoms with Crippen LogP contribution in [0.3, 0.4) is 0 Å². The van der Waals surface area contributed by atoms with E-state index in [9.17, 15) is 13.2 Å². The molecule has 0 radical (unpaired) electrons. The van der Waals surface area contributed by atoms with Crippen molar-refractivity contribution in [1.82, 2.24) is 19.3 Å². The third kappa shape index (κ3) is 4.06. The molecule has 0 spiro atoms. The number of hydrogen-bond acceptors (Lipinski definition) is 6. The fraction of sp³-hybridized carbons (Fsp3) is 0.208. The number of fused-ring (bicyclic) bond motifs is 1. The SMILES string of the molecule is Cc1cc(C(=O)N2CCN(S(=O)(=O)c3ccc(Cl)cc3)CC2)c2c(-c3ccccc3)noc2n1. The molecule has 3 heterocycles. The topological polar surface area (TPSA) is 96.6 Å². The molecule has 1 amide bonds. The number of halogens is 1. The van der Waals surface area contributed by atoms with Crippen LogP contribution in [0.5, 0.6) is 0 Å². The summed E-state index contributed by atoms with van der Waals surface area (Å²) >= 11 is 5.89. The minimum absolute atomic E-state index is 0.181. The minimum Gasteiger partial charge on any atom is -0.336 e. The number of nitrogens with zero attached hydrogens (tertiary/aromatic N) is 4. The van der Waals surface area contributed by atoms with Gasteiger partial charge in [-0.1, -0.05) is 47.1 Å². The number of hydrogen-bond donors (Lipinski definition) is 0. The molecule has 10 heteroatoms. The van der Waals surface area contributed by atoms with Gasteiger partial charge in [0.15, 0.2) is 0 Å². The highest BCUT2D eigenvalue weighted by Crippen LogP contribution is 2.31. The molecule has 1 saturated heterocycles. The largest absolute Gasteiger partial charge is 0.336 e. The minimum atomic E-state index is -3.67. The fourth-order valence-electron chi connectivity index (χ4n) is 4.09. The Kier molecular flexibility index (Phi) is 5.85. The van der Waals surface area contributed by atoms with E-state index in [1.54, 1.807) is 30.0 Å². The number of amides is 1. The first kappa shape index (κ1) is 22.5. The van der Waals surface area contributed by atoms with E-state index >= 15 is 0 Å². The second-order valence-corrected chi connectivity index (χ2v) is 10.4. The molecule has 5 rings (SSSR count). The first-order chi connectivity index (χ1) is 16.3. The molecule has 1 fully saturated rings. The number of carbonyl (C=O) groups is 1. The van der Waals surface area contributed by atoms with Crippen molar-refractivity contribution in [3.8, 4) is 11.3 Å². The second-order valence-electron chi connectivity index (χ2n) is 8.04. The van der Waals surface area contributed by atoms with Gasteiger partial charge >= 0.3 is 0 Å².